The Kier molecular flexibility index (Phi) is 6.11. The van der Waals surface area contributed by atoms with E-state index in [1.54, 1.807) is 0 Å². The third kappa shape index (κ3) is 4.48. The molecule has 0 aliphatic carbocycles. The number of hydrogen-bond donors (Lipinski definition) is 0. The first kappa shape index (κ1) is 17.7. The van der Waals surface area contributed by atoms with Gasteiger partial charge in [-0.2, -0.15) is 0 Å². The van der Waals surface area contributed by atoms with Crippen molar-refractivity contribution in [2.24, 2.45) is 0 Å². The van der Waals surface area contributed by atoms with Gasteiger partial charge in [0.1, 0.15) is 0 Å². The number of rotatable bonds is 4. The molecule has 3 aliphatic heterocycles. The molecule has 0 bridgehead atoms. The second-order valence-electron chi connectivity index (χ2n) is 7.57. The van der Waals surface area contributed by atoms with Crippen molar-refractivity contribution in [3.63, 3.8) is 0 Å². The lowest BCUT2D eigenvalue weighted by atomic mass is 10.0. The molecule has 2 amide bonds. The number of likely N-dealkylation sites (tertiary alicyclic amines) is 2. The zero-order chi connectivity index (χ0) is 16.9. The van der Waals surface area contributed by atoms with Crippen molar-refractivity contribution in [3.05, 3.63) is 0 Å². The fourth-order valence-electron chi connectivity index (χ4n) is 4.14. The number of carbonyl (C=O) groups is 2. The lowest BCUT2D eigenvalue weighted by Crippen LogP contribution is -2.54. The van der Waals surface area contributed by atoms with Crippen LogP contribution < -0.4 is 0 Å². The maximum atomic E-state index is 12.5. The minimum absolute atomic E-state index is 0.257. The van der Waals surface area contributed by atoms with Gasteiger partial charge in [-0.05, 0) is 52.1 Å². The van der Waals surface area contributed by atoms with Crippen LogP contribution in [0.4, 0.5) is 0 Å². The molecule has 0 aromatic heterocycles. The highest BCUT2D eigenvalue weighted by atomic mass is 16.2. The summed E-state index contributed by atoms with van der Waals surface area (Å²) >= 11 is 0. The van der Waals surface area contributed by atoms with Crippen LogP contribution >= 0.6 is 0 Å². The molecule has 6 nitrogen and oxygen atoms in total. The first-order valence-corrected chi connectivity index (χ1v) is 9.65. The molecule has 3 fully saturated rings. The van der Waals surface area contributed by atoms with Gasteiger partial charge in [0.25, 0.3) is 0 Å². The van der Waals surface area contributed by atoms with Crippen molar-refractivity contribution < 1.29 is 9.59 Å². The number of piperidine rings is 1. The predicted octanol–water partition coefficient (Wildman–Crippen LogP) is 0.627. The van der Waals surface area contributed by atoms with Gasteiger partial charge in [-0.25, -0.2) is 0 Å². The Morgan fingerprint density at radius 1 is 0.750 bits per heavy atom. The van der Waals surface area contributed by atoms with E-state index in [0.717, 1.165) is 58.7 Å². The summed E-state index contributed by atoms with van der Waals surface area (Å²) in [5.41, 5.74) is 0. The first-order chi connectivity index (χ1) is 11.6. The zero-order valence-electron chi connectivity index (χ0n) is 15.1. The van der Waals surface area contributed by atoms with Gasteiger partial charge in [0.05, 0.1) is 13.1 Å². The van der Waals surface area contributed by atoms with Gasteiger partial charge in [0.2, 0.25) is 11.8 Å². The highest BCUT2D eigenvalue weighted by Crippen LogP contribution is 2.17. The highest BCUT2D eigenvalue weighted by molar-refractivity contribution is 5.79. The molecule has 0 N–H and O–H groups in total. The van der Waals surface area contributed by atoms with Crippen LogP contribution in [0.1, 0.15) is 39.0 Å². The minimum Gasteiger partial charge on any atom is -0.339 e. The van der Waals surface area contributed by atoms with Crippen molar-refractivity contribution >= 4 is 11.8 Å². The van der Waals surface area contributed by atoms with E-state index in [2.05, 4.69) is 21.6 Å². The molecule has 1 atom stereocenters. The van der Waals surface area contributed by atoms with Crippen LogP contribution in [-0.4, -0.2) is 96.4 Å². The number of nitrogens with zero attached hydrogens (tertiary/aromatic N) is 4. The zero-order valence-corrected chi connectivity index (χ0v) is 15.1. The van der Waals surface area contributed by atoms with Crippen LogP contribution in [0.15, 0.2) is 0 Å². The average molecular weight is 336 g/mol. The molecule has 3 heterocycles. The van der Waals surface area contributed by atoms with Gasteiger partial charge in [0.15, 0.2) is 0 Å². The largest absolute Gasteiger partial charge is 0.339 e. The lowest BCUT2D eigenvalue weighted by Gasteiger charge is -2.38. The summed E-state index contributed by atoms with van der Waals surface area (Å²) in [4.78, 5) is 33.4. The first-order valence-electron chi connectivity index (χ1n) is 9.65. The van der Waals surface area contributed by atoms with Crippen LogP contribution in [0.2, 0.25) is 0 Å². The van der Waals surface area contributed by atoms with Gasteiger partial charge < -0.3 is 9.80 Å². The van der Waals surface area contributed by atoms with Gasteiger partial charge >= 0.3 is 0 Å². The number of amides is 2. The third-order valence-electron chi connectivity index (χ3n) is 5.76. The third-order valence-corrected chi connectivity index (χ3v) is 5.76. The molecular weight excluding hydrogens is 304 g/mol. The molecule has 1 unspecified atom stereocenters. The Hall–Kier alpha value is -1.14. The maximum Gasteiger partial charge on any atom is 0.236 e. The highest BCUT2D eigenvalue weighted by Gasteiger charge is 2.28. The van der Waals surface area contributed by atoms with Crippen molar-refractivity contribution in [1.82, 2.24) is 19.6 Å². The van der Waals surface area contributed by atoms with Gasteiger partial charge in [-0.3, -0.25) is 19.4 Å². The molecule has 3 rings (SSSR count). The number of piperazine rings is 1. The number of carbonyl (C=O) groups excluding carboxylic acids is 2. The number of hydrogen-bond acceptors (Lipinski definition) is 4. The molecule has 0 spiro atoms. The van der Waals surface area contributed by atoms with E-state index in [4.69, 9.17) is 0 Å². The van der Waals surface area contributed by atoms with Gasteiger partial charge in [-0.15, -0.1) is 0 Å². The van der Waals surface area contributed by atoms with Crippen LogP contribution in [0.3, 0.4) is 0 Å². The Morgan fingerprint density at radius 2 is 1.33 bits per heavy atom. The standard InChI is InChI=1S/C18H32N4O2/c1-16-6-2-3-9-22(16)18(24)15-20-10-12-21(13-11-20)17(23)14-19-7-4-5-8-19/h16H,2-15H2,1H3. The van der Waals surface area contributed by atoms with Crippen LogP contribution in [0.5, 0.6) is 0 Å². The summed E-state index contributed by atoms with van der Waals surface area (Å²) in [6.07, 6.45) is 5.94. The average Bonchev–Trinajstić information content (AvgIpc) is 3.08. The Morgan fingerprint density at radius 3 is 2.00 bits per heavy atom. The molecule has 0 aromatic carbocycles. The molecule has 24 heavy (non-hydrogen) atoms. The SMILES string of the molecule is CC1CCCCN1C(=O)CN1CCN(C(=O)CN2CCCC2)CC1. The quantitative estimate of drug-likeness (QED) is 0.755. The monoisotopic (exact) mass is 336 g/mol. The van der Waals surface area contributed by atoms with Crippen LogP contribution in [0.25, 0.3) is 0 Å². The van der Waals surface area contributed by atoms with Gasteiger partial charge in [-0.1, -0.05) is 0 Å². The molecule has 136 valence electrons. The van der Waals surface area contributed by atoms with E-state index < -0.39 is 0 Å². The molecule has 6 heteroatoms. The van der Waals surface area contributed by atoms with E-state index in [1.165, 1.54) is 19.3 Å². The molecule has 0 radical (unpaired) electrons. The van der Waals surface area contributed by atoms with Crippen LogP contribution in [0, 0.1) is 0 Å². The van der Waals surface area contributed by atoms with E-state index >= 15 is 0 Å². The second-order valence-corrected chi connectivity index (χ2v) is 7.57. The summed E-state index contributed by atoms with van der Waals surface area (Å²) in [5.74, 6) is 0.520. The summed E-state index contributed by atoms with van der Waals surface area (Å²) in [6, 6.07) is 0.384. The molecule has 0 aromatic rings. The molecule has 0 saturated carbocycles. The van der Waals surface area contributed by atoms with Crippen LogP contribution in [-0.2, 0) is 9.59 Å². The molecule has 3 saturated heterocycles. The van der Waals surface area contributed by atoms with Crippen molar-refractivity contribution in [1.29, 1.82) is 0 Å². The summed E-state index contributed by atoms with van der Waals surface area (Å²) in [7, 11) is 0. The van der Waals surface area contributed by atoms with Gasteiger partial charge in [0, 0.05) is 38.8 Å². The van der Waals surface area contributed by atoms with E-state index in [0.29, 0.717) is 19.1 Å². The Balaban J connectivity index is 1.39. The smallest absolute Gasteiger partial charge is 0.236 e. The fraction of sp³-hybridized carbons (Fsp3) is 0.889. The molecule has 3 aliphatic rings. The van der Waals surface area contributed by atoms with E-state index in [9.17, 15) is 9.59 Å². The van der Waals surface area contributed by atoms with E-state index in [-0.39, 0.29) is 11.8 Å². The maximum absolute atomic E-state index is 12.5. The van der Waals surface area contributed by atoms with Crippen molar-refractivity contribution in [2.45, 2.75) is 45.1 Å². The summed E-state index contributed by atoms with van der Waals surface area (Å²) in [5, 5.41) is 0. The topological polar surface area (TPSA) is 47.1 Å². The summed E-state index contributed by atoms with van der Waals surface area (Å²) in [6.45, 7) is 9.44. The normalized spacial score (nSPS) is 26.8. The lowest BCUT2D eigenvalue weighted by molar-refractivity contribution is -0.137. The molecular formula is C18H32N4O2. The van der Waals surface area contributed by atoms with E-state index in [1.807, 2.05) is 4.90 Å². The van der Waals surface area contributed by atoms with Crippen molar-refractivity contribution in [2.75, 3.05) is 58.9 Å². The fourth-order valence-corrected chi connectivity index (χ4v) is 4.14. The summed E-state index contributed by atoms with van der Waals surface area (Å²) < 4.78 is 0. The Bertz CT molecular complexity index is 442. The minimum atomic E-state index is 0.257. The Labute approximate surface area is 145 Å². The second kappa shape index (κ2) is 8.30. The predicted molar refractivity (Wildman–Crippen MR) is 93.7 cm³/mol. The van der Waals surface area contributed by atoms with Crippen molar-refractivity contribution in [3.8, 4) is 0 Å².